The maximum atomic E-state index is 13.0. The summed E-state index contributed by atoms with van der Waals surface area (Å²) < 4.78 is 70.6. The van der Waals surface area contributed by atoms with Gasteiger partial charge in [-0.2, -0.15) is 13.2 Å². The second kappa shape index (κ2) is 14.7. The van der Waals surface area contributed by atoms with Gasteiger partial charge in [0.2, 0.25) is 0 Å². The number of para-hydroxylation sites is 1. The van der Waals surface area contributed by atoms with E-state index in [-0.39, 0.29) is 22.8 Å². The van der Waals surface area contributed by atoms with Crippen LogP contribution >= 0.6 is 0 Å². The van der Waals surface area contributed by atoms with Crippen molar-refractivity contribution >= 4 is 27.6 Å². The number of ether oxygens (including phenoxy) is 2. The molecule has 0 atom stereocenters. The Morgan fingerprint density at radius 1 is 0.977 bits per heavy atom. The molecule has 15 heteroatoms. The minimum absolute atomic E-state index is 0.0286. The highest BCUT2D eigenvalue weighted by Crippen LogP contribution is 2.35. The van der Waals surface area contributed by atoms with Crippen molar-refractivity contribution in [3.63, 3.8) is 0 Å². The Hall–Kier alpha value is -4.34. The highest BCUT2D eigenvalue weighted by atomic mass is 32.2. The maximum Gasteiger partial charge on any atom is 0.490 e. The average Bonchev–Trinajstić information content (AvgIpc) is 2.96. The number of morpholine rings is 1. The van der Waals surface area contributed by atoms with Crippen LogP contribution in [0.15, 0.2) is 71.6 Å². The number of carbonyl (C=O) groups is 2. The summed E-state index contributed by atoms with van der Waals surface area (Å²) in [5.41, 5.74) is 0.990. The highest BCUT2D eigenvalue weighted by Gasteiger charge is 2.38. The Bertz CT molecular complexity index is 1510. The third kappa shape index (κ3) is 9.59. The first-order valence-electron chi connectivity index (χ1n) is 12.8. The molecular weight excluding hydrogens is 597 g/mol. The molecule has 43 heavy (non-hydrogen) atoms. The van der Waals surface area contributed by atoms with E-state index < -0.39 is 39.6 Å². The van der Waals surface area contributed by atoms with Gasteiger partial charge < -0.3 is 24.8 Å². The normalized spacial score (nSPS) is 13.8. The smallest absolute Gasteiger partial charge is 0.490 e. The predicted octanol–water partition coefficient (Wildman–Crippen LogP) is 4.08. The number of benzene rings is 3. The van der Waals surface area contributed by atoms with Crippen molar-refractivity contribution in [1.82, 2.24) is 4.90 Å². The van der Waals surface area contributed by atoms with Crippen LogP contribution in [0.2, 0.25) is 0 Å². The maximum absolute atomic E-state index is 13.0. The molecule has 0 radical (unpaired) electrons. The van der Waals surface area contributed by atoms with Crippen molar-refractivity contribution in [3.05, 3.63) is 72.3 Å². The lowest BCUT2D eigenvalue weighted by Crippen LogP contribution is -2.37. The van der Waals surface area contributed by atoms with Gasteiger partial charge in [0, 0.05) is 31.3 Å². The van der Waals surface area contributed by atoms with Gasteiger partial charge in [0.25, 0.3) is 10.0 Å². The monoisotopic (exact) mass is 626 g/mol. The van der Waals surface area contributed by atoms with Crippen LogP contribution in [0.25, 0.3) is 11.1 Å². The van der Waals surface area contributed by atoms with Crippen LogP contribution in [-0.4, -0.2) is 86.2 Å². The number of sulfonamides is 1. The molecule has 11 nitrogen and oxygen atoms in total. The van der Waals surface area contributed by atoms with Gasteiger partial charge in [-0.15, -0.1) is 0 Å². The lowest BCUT2D eigenvalue weighted by atomic mass is 10.1. The Labute approximate surface area is 245 Å². The predicted molar refractivity (Wildman–Crippen MR) is 148 cm³/mol. The van der Waals surface area contributed by atoms with Gasteiger partial charge >= 0.3 is 18.1 Å². The van der Waals surface area contributed by atoms with E-state index >= 15 is 0 Å². The SMILES string of the molecule is O=C(O)C(F)(F)F.O=C(OCCCN1CCOCC1)c1ccc(NS(=O)(=O)c2cccc(-c3ccccc3)c2O)cc1O. The van der Waals surface area contributed by atoms with Crippen molar-refractivity contribution in [2.45, 2.75) is 17.5 Å². The van der Waals surface area contributed by atoms with Gasteiger partial charge in [0.15, 0.2) is 0 Å². The van der Waals surface area contributed by atoms with Crippen molar-refractivity contribution in [2.24, 2.45) is 0 Å². The molecule has 3 aromatic carbocycles. The fourth-order valence-corrected chi connectivity index (χ4v) is 5.09. The number of hydrogen-bond donors (Lipinski definition) is 4. The quantitative estimate of drug-likeness (QED) is 0.201. The topological polar surface area (TPSA) is 163 Å². The number of halogens is 3. The number of nitrogens with one attached hydrogen (secondary N) is 1. The zero-order valence-electron chi connectivity index (χ0n) is 22.6. The minimum Gasteiger partial charge on any atom is -0.507 e. The van der Waals surface area contributed by atoms with Crippen LogP contribution in [0.4, 0.5) is 18.9 Å². The molecular formula is C28H29F3N2O9S. The summed E-state index contributed by atoms with van der Waals surface area (Å²) in [6, 6.07) is 17.1. The number of alkyl halides is 3. The van der Waals surface area contributed by atoms with Crippen molar-refractivity contribution in [3.8, 4) is 22.6 Å². The van der Waals surface area contributed by atoms with Crippen molar-refractivity contribution in [2.75, 3.05) is 44.2 Å². The zero-order valence-corrected chi connectivity index (χ0v) is 23.4. The van der Waals surface area contributed by atoms with Crippen LogP contribution in [-0.2, 0) is 24.3 Å². The number of esters is 1. The number of hydrogen-bond acceptors (Lipinski definition) is 9. The van der Waals surface area contributed by atoms with Gasteiger partial charge in [-0.05, 0) is 30.2 Å². The third-order valence-electron chi connectivity index (χ3n) is 6.04. The Kier molecular flexibility index (Phi) is 11.3. The number of aliphatic carboxylic acids is 1. The van der Waals surface area contributed by atoms with E-state index in [4.69, 9.17) is 19.4 Å². The zero-order chi connectivity index (χ0) is 31.6. The summed E-state index contributed by atoms with van der Waals surface area (Å²) in [4.78, 5) is 23.2. The Balaban J connectivity index is 0.000000646. The molecule has 0 unspecified atom stereocenters. The second-order valence-electron chi connectivity index (χ2n) is 9.10. The molecule has 0 bridgehead atoms. The van der Waals surface area contributed by atoms with Gasteiger partial charge in [-0.3, -0.25) is 9.62 Å². The molecule has 3 aromatic rings. The van der Waals surface area contributed by atoms with E-state index in [1.54, 1.807) is 30.3 Å². The van der Waals surface area contributed by atoms with Crippen LogP contribution in [0.1, 0.15) is 16.8 Å². The molecule has 232 valence electrons. The van der Waals surface area contributed by atoms with E-state index in [0.29, 0.717) is 30.8 Å². The van der Waals surface area contributed by atoms with E-state index in [1.165, 1.54) is 24.3 Å². The van der Waals surface area contributed by atoms with Crippen LogP contribution in [0, 0.1) is 0 Å². The molecule has 0 amide bonds. The van der Waals surface area contributed by atoms with Gasteiger partial charge in [0.1, 0.15) is 22.0 Å². The fourth-order valence-electron chi connectivity index (χ4n) is 3.92. The van der Waals surface area contributed by atoms with Crippen molar-refractivity contribution in [1.29, 1.82) is 0 Å². The summed E-state index contributed by atoms with van der Waals surface area (Å²) in [7, 11) is -4.19. The number of carboxylic acid groups (broad SMARTS) is 1. The molecule has 1 fully saturated rings. The number of carbonyl (C=O) groups excluding carboxylic acids is 1. The molecule has 0 aliphatic carbocycles. The van der Waals surface area contributed by atoms with Gasteiger partial charge in [0.05, 0.1) is 25.5 Å². The minimum atomic E-state index is -5.08. The fraction of sp³-hybridized carbons (Fsp3) is 0.286. The van der Waals surface area contributed by atoms with Crippen LogP contribution in [0.3, 0.4) is 0 Å². The lowest BCUT2D eigenvalue weighted by molar-refractivity contribution is -0.192. The van der Waals surface area contributed by atoms with Gasteiger partial charge in [-0.25, -0.2) is 18.0 Å². The standard InChI is InChI=1S/C26H28N2O7S.C2HF3O2/c29-23-18-20(10-11-22(23)26(31)35-15-5-12-28-13-16-34-17-14-28)27-36(32,33)24-9-4-8-21(25(24)30)19-6-2-1-3-7-19;3-2(4,5)1(6)7/h1-4,6-11,18,27,29-30H,5,12-17H2;(H,6,7). The largest absolute Gasteiger partial charge is 0.507 e. The van der Waals surface area contributed by atoms with E-state index in [2.05, 4.69) is 9.62 Å². The summed E-state index contributed by atoms with van der Waals surface area (Å²) >= 11 is 0. The molecule has 0 aromatic heterocycles. The number of phenols is 2. The lowest BCUT2D eigenvalue weighted by Gasteiger charge is -2.26. The number of rotatable bonds is 9. The molecule has 4 rings (SSSR count). The second-order valence-corrected chi connectivity index (χ2v) is 10.8. The molecule has 1 saturated heterocycles. The summed E-state index contributed by atoms with van der Waals surface area (Å²) in [5.74, 6) is -4.27. The molecule has 4 N–H and O–H groups in total. The molecule has 1 aliphatic rings. The van der Waals surface area contributed by atoms with Gasteiger partial charge in [-0.1, -0.05) is 42.5 Å². The van der Waals surface area contributed by atoms with E-state index in [0.717, 1.165) is 25.7 Å². The first-order chi connectivity index (χ1) is 20.3. The number of nitrogens with zero attached hydrogens (tertiary/aromatic N) is 1. The number of carboxylic acids is 1. The summed E-state index contributed by atoms with van der Waals surface area (Å²) in [6.45, 7) is 4.06. The Morgan fingerprint density at radius 3 is 2.23 bits per heavy atom. The van der Waals surface area contributed by atoms with Crippen LogP contribution < -0.4 is 4.72 Å². The Morgan fingerprint density at radius 2 is 1.63 bits per heavy atom. The third-order valence-corrected chi connectivity index (χ3v) is 7.45. The molecule has 1 heterocycles. The molecule has 0 saturated carbocycles. The number of aromatic hydroxyl groups is 2. The van der Waals surface area contributed by atoms with E-state index in [1.807, 2.05) is 6.07 Å². The first-order valence-corrected chi connectivity index (χ1v) is 14.3. The molecule has 1 aliphatic heterocycles. The van der Waals surface area contributed by atoms with Crippen LogP contribution in [0.5, 0.6) is 11.5 Å². The first kappa shape index (κ1) is 33.2. The highest BCUT2D eigenvalue weighted by molar-refractivity contribution is 7.92. The average molecular weight is 627 g/mol. The number of anilines is 1. The summed E-state index contributed by atoms with van der Waals surface area (Å²) in [6.07, 6.45) is -4.43. The summed E-state index contributed by atoms with van der Waals surface area (Å²) in [5, 5.41) is 28.1. The van der Waals surface area contributed by atoms with Crippen molar-refractivity contribution < 1.29 is 56.0 Å². The molecule has 0 spiro atoms. The number of phenolic OH excluding ortho intramolecular Hbond substituents is 2. The van der Waals surface area contributed by atoms with E-state index in [9.17, 15) is 36.6 Å².